The Morgan fingerprint density at radius 1 is 1.09 bits per heavy atom. The van der Waals surface area contributed by atoms with Crippen molar-refractivity contribution in [3.05, 3.63) is 41.2 Å². The van der Waals surface area contributed by atoms with Crippen LogP contribution in [0.1, 0.15) is 43.2 Å². The molecule has 1 aromatic carbocycles. The molecular weight excluding hydrogens is 429 g/mol. The van der Waals surface area contributed by atoms with Gasteiger partial charge in [0.05, 0.1) is 0 Å². The van der Waals surface area contributed by atoms with Crippen molar-refractivity contribution in [2.45, 2.75) is 45.1 Å². The van der Waals surface area contributed by atoms with E-state index in [9.17, 15) is 13.2 Å². The molecule has 5 nitrogen and oxygen atoms in total. The molecule has 1 aromatic heterocycles. The Labute approximate surface area is 192 Å². The van der Waals surface area contributed by atoms with Crippen LogP contribution in [-0.2, 0) is 4.74 Å². The number of aromatic nitrogens is 2. The van der Waals surface area contributed by atoms with Crippen LogP contribution in [0.25, 0.3) is 11.3 Å². The minimum Gasteiger partial charge on any atom is -0.381 e. The smallest absolute Gasteiger partial charge is 0.266 e. The summed E-state index contributed by atoms with van der Waals surface area (Å²) in [5, 5.41) is 11.6. The average Bonchev–Trinajstić information content (AvgIpc) is 3.34. The fourth-order valence-electron chi connectivity index (χ4n) is 5.87. The minimum absolute atomic E-state index is 0.0413. The molecule has 2 aliphatic heterocycles. The highest BCUT2D eigenvalue weighted by Gasteiger charge is 2.41. The highest BCUT2D eigenvalue weighted by atomic mass is 19.3. The Hall–Kier alpha value is -2.19. The largest absolute Gasteiger partial charge is 0.381 e. The van der Waals surface area contributed by atoms with Gasteiger partial charge in [-0.15, -0.1) is 10.2 Å². The monoisotopic (exact) mass is 460 g/mol. The number of alkyl halides is 2. The minimum atomic E-state index is -2.72. The van der Waals surface area contributed by atoms with Crippen LogP contribution in [0.15, 0.2) is 24.3 Å². The Morgan fingerprint density at radius 2 is 1.82 bits per heavy atom. The first-order chi connectivity index (χ1) is 16.0. The molecule has 0 spiro atoms. The van der Waals surface area contributed by atoms with Gasteiger partial charge in [0.2, 0.25) is 0 Å². The van der Waals surface area contributed by atoms with Crippen molar-refractivity contribution >= 4 is 5.82 Å². The molecule has 3 aliphatic rings. The van der Waals surface area contributed by atoms with E-state index in [0.717, 1.165) is 57.9 Å². The van der Waals surface area contributed by atoms with Gasteiger partial charge in [-0.3, -0.25) is 0 Å². The van der Waals surface area contributed by atoms with Gasteiger partial charge >= 0.3 is 0 Å². The maximum atomic E-state index is 13.9. The van der Waals surface area contributed by atoms with E-state index in [0.29, 0.717) is 28.8 Å². The molecule has 1 N–H and O–H groups in total. The molecule has 2 atom stereocenters. The molecule has 1 saturated carbocycles. The number of rotatable bonds is 6. The molecule has 2 aromatic rings. The second-order valence-corrected chi connectivity index (χ2v) is 9.90. The molecule has 178 valence electrons. The van der Waals surface area contributed by atoms with E-state index in [1.165, 1.54) is 24.7 Å². The van der Waals surface area contributed by atoms with Gasteiger partial charge < -0.3 is 15.0 Å². The molecule has 8 heteroatoms. The van der Waals surface area contributed by atoms with Crippen molar-refractivity contribution < 1.29 is 17.9 Å². The average molecular weight is 461 g/mol. The van der Waals surface area contributed by atoms with Crippen LogP contribution in [0.5, 0.6) is 0 Å². The van der Waals surface area contributed by atoms with Gasteiger partial charge in [-0.05, 0) is 74.1 Å². The van der Waals surface area contributed by atoms with Crippen molar-refractivity contribution in [2.75, 3.05) is 38.2 Å². The molecule has 3 fully saturated rings. The number of halogens is 3. The molecule has 0 unspecified atom stereocenters. The van der Waals surface area contributed by atoms with Gasteiger partial charge in [0.15, 0.2) is 0 Å². The summed E-state index contributed by atoms with van der Waals surface area (Å²) in [6, 6.07) is 5.71. The third-order valence-corrected chi connectivity index (χ3v) is 7.55. The Morgan fingerprint density at radius 3 is 2.52 bits per heavy atom. The second-order valence-electron chi connectivity index (χ2n) is 9.90. The maximum Gasteiger partial charge on any atom is 0.266 e. The lowest BCUT2D eigenvalue weighted by Gasteiger charge is -2.27. The fraction of sp³-hybridized carbons (Fsp3) is 0.600. The van der Waals surface area contributed by atoms with Crippen LogP contribution in [0.2, 0.25) is 0 Å². The fourth-order valence-corrected chi connectivity index (χ4v) is 5.87. The molecular formula is C25H31F3N4O. The van der Waals surface area contributed by atoms with E-state index >= 15 is 0 Å². The number of hydrogen-bond acceptors (Lipinski definition) is 5. The standard InChI is InChI=1S/C25H31F3N4O/c1-15-2-3-19(26)10-21(15)24-22(25(27)28)11-23(30-31-24)29-20-8-17-13-32(14-18(17)9-20)12-16-4-6-33-7-5-16/h2-3,10-11,16-18,20,25H,4-9,12-14H2,1H3,(H,29,30)/t17-,18-/m1/s1. The lowest BCUT2D eigenvalue weighted by molar-refractivity contribution is 0.0545. The topological polar surface area (TPSA) is 50.3 Å². The summed E-state index contributed by atoms with van der Waals surface area (Å²) in [7, 11) is 0. The summed E-state index contributed by atoms with van der Waals surface area (Å²) < 4.78 is 46.9. The lowest BCUT2D eigenvalue weighted by Crippen LogP contribution is -2.32. The zero-order valence-corrected chi connectivity index (χ0v) is 18.9. The first-order valence-corrected chi connectivity index (χ1v) is 11.9. The zero-order chi connectivity index (χ0) is 22.9. The van der Waals surface area contributed by atoms with E-state index in [4.69, 9.17) is 4.74 Å². The molecule has 2 saturated heterocycles. The predicted molar refractivity (Wildman–Crippen MR) is 121 cm³/mol. The predicted octanol–water partition coefficient (Wildman–Crippen LogP) is 5.08. The highest BCUT2D eigenvalue weighted by Crippen LogP contribution is 2.40. The Balaban J connectivity index is 1.23. The van der Waals surface area contributed by atoms with Gasteiger partial charge in [0, 0.05) is 50.0 Å². The van der Waals surface area contributed by atoms with Crippen molar-refractivity contribution in [3.63, 3.8) is 0 Å². The van der Waals surface area contributed by atoms with Gasteiger partial charge in [-0.1, -0.05) is 6.07 Å². The van der Waals surface area contributed by atoms with Crippen molar-refractivity contribution in [1.29, 1.82) is 0 Å². The summed E-state index contributed by atoms with van der Waals surface area (Å²) in [6.07, 6.45) is 1.63. The summed E-state index contributed by atoms with van der Waals surface area (Å²) in [5.74, 6) is 1.91. The van der Waals surface area contributed by atoms with E-state index in [1.54, 1.807) is 13.0 Å². The van der Waals surface area contributed by atoms with Gasteiger partial charge in [-0.25, -0.2) is 13.2 Å². The van der Waals surface area contributed by atoms with E-state index in [-0.39, 0.29) is 17.3 Å². The summed E-state index contributed by atoms with van der Waals surface area (Å²) in [5.41, 5.74) is 0.855. The number of ether oxygens (including phenoxy) is 1. The third kappa shape index (κ3) is 5.01. The molecule has 1 aliphatic carbocycles. The quantitative estimate of drug-likeness (QED) is 0.652. The van der Waals surface area contributed by atoms with Gasteiger partial charge in [-0.2, -0.15) is 0 Å². The normalized spacial score (nSPS) is 24.5. The van der Waals surface area contributed by atoms with Crippen molar-refractivity contribution in [3.8, 4) is 11.3 Å². The number of nitrogens with one attached hydrogen (secondary N) is 1. The van der Waals surface area contributed by atoms with Crippen molar-refractivity contribution in [2.24, 2.45) is 17.8 Å². The molecule has 0 radical (unpaired) electrons. The van der Waals surface area contributed by atoms with Crippen LogP contribution < -0.4 is 5.32 Å². The van der Waals surface area contributed by atoms with E-state index in [1.807, 2.05) is 0 Å². The van der Waals surface area contributed by atoms with Crippen LogP contribution in [-0.4, -0.2) is 54.0 Å². The van der Waals surface area contributed by atoms with Crippen molar-refractivity contribution in [1.82, 2.24) is 15.1 Å². The maximum absolute atomic E-state index is 13.9. The lowest BCUT2D eigenvalue weighted by atomic mass is 10.00. The summed E-state index contributed by atoms with van der Waals surface area (Å²) in [6.45, 7) is 6.92. The first kappa shape index (κ1) is 22.6. The van der Waals surface area contributed by atoms with Crippen LogP contribution in [0.3, 0.4) is 0 Å². The first-order valence-electron chi connectivity index (χ1n) is 11.9. The Bertz CT molecular complexity index is 968. The number of nitrogens with zero attached hydrogens (tertiary/aromatic N) is 3. The molecule has 5 rings (SSSR count). The zero-order valence-electron chi connectivity index (χ0n) is 18.9. The Kier molecular flexibility index (Phi) is 6.56. The summed E-state index contributed by atoms with van der Waals surface area (Å²) in [4.78, 5) is 2.60. The molecule has 0 bridgehead atoms. The molecule has 3 heterocycles. The number of anilines is 1. The molecule has 0 amide bonds. The third-order valence-electron chi connectivity index (χ3n) is 7.55. The van der Waals surface area contributed by atoms with Crippen LogP contribution in [0, 0.1) is 30.5 Å². The van der Waals surface area contributed by atoms with Crippen LogP contribution in [0.4, 0.5) is 19.0 Å². The number of benzene rings is 1. The highest BCUT2D eigenvalue weighted by molar-refractivity contribution is 5.68. The number of hydrogen-bond donors (Lipinski definition) is 1. The van der Waals surface area contributed by atoms with E-state index in [2.05, 4.69) is 20.4 Å². The summed E-state index contributed by atoms with van der Waals surface area (Å²) >= 11 is 0. The molecule has 33 heavy (non-hydrogen) atoms. The van der Waals surface area contributed by atoms with Gasteiger partial charge in [0.1, 0.15) is 17.3 Å². The number of likely N-dealkylation sites (tertiary alicyclic amines) is 1. The van der Waals surface area contributed by atoms with Gasteiger partial charge in [0.25, 0.3) is 6.43 Å². The van der Waals surface area contributed by atoms with Crippen LogP contribution >= 0.6 is 0 Å². The van der Waals surface area contributed by atoms with E-state index < -0.39 is 12.2 Å². The second kappa shape index (κ2) is 9.58. The number of fused-ring (bicyclic) bond motifs is 1. The number of aryl methyl sites for hydroxylation is 1. The SMILES string of the molecule is Cc1ccc(F)cc1-c1nnc(NC2C[C@@H]3CN(CC4CCOCC4)C[C@H]3C2)cc1C(F)F.